The molecule has 1 aliphatic heterocycles. The molecule has 5 rings (SSSR count). The SMILES string of the molecule is CN1CCC(Oc2ccccc2Nc2nccc(-c3cnc4c(c3)C(C)(CO)CC4)n2)CC1. The van der Waals surface area contributed by atoms with E-state index >= 15 is 0 Å². The van der Waals surface area contributed by atoms with Crippen LogP contribution < -0.4 is 10.1 Å². The Bertz CT molecular complexity index is 1130. The number of aromatic nitrogens is 3. The molecule has 2 N–H and O–H groups in total. The molecule has 2 aliphatic rings. The fraction of sp³-hybridized carbons (Fsp3) is 0.423. The minimum Gasteiger partial charge on any atom is -0.488 e. The number of aryl methyl sites for hydroxylation is 1. The van der Waals surface area contributed by atoms with Crippen LogP contribution in [0.2, 0.25) is 0 Å². The largest absolute Gasteiger partial charge is 0.488 e. The summed E-state index contributed by atoms with van der Waals surface area (Å²) in [6.45, 7) is 4.32. The number of nitrogens with zero attached hydrogens (tertiary/aromatic N) is 4. The summed E-state index contributed by atoms with van der Waals surface area (Å²) in [4.78, 5) is 16.2. The van der Waals surface area contributed by atoms with Crippen LogP contribution in [0.4, 0.5) is 11.6 Å². The Hall–Kier alpha value is -3.03. The molecule has 1 fully saturated rings. The first-order valence-electron chi connectivity index (χ1n) is 11.7. The van der Waals surface area contributed by atoms with Gasteiger partial charge in [0.05, 0.1) is 18.0 Å². The fourth-order valence-corrected chi connectivity index (χ4v) is 4.70. The maximum absolute atomic E-state index is 9.92. The first kappa shape index (κ1) is 21.8. The van der Waals surface area contributed by atoms with E-state index in [4.69, 9.17) is 9.72 Å². The third-order valence-corrected chi connectivity index (χ3v) is 6.93. The second-order valence-electron chi connectivity index (χ2n) is 9.44. The van der Waals surface area contributed by atoms with Gasteiger partial charge in [-0.2, -0.15) is 0 Å². The van der Waals surface area contributed by atoms with E-state index in [1.54, 1.807) is 6.20 Å². The summed E-state index contributed by atoms with van der Waals surface area (Å²) in [5.41, 5.74) is 4.53. The van der Waals surface area contributed by atoms with E-state index in [2.05, 4.69) is 40.2 Å². The van der Waals surface area contributed by atoms with Gasteiger partial charge in [-0.05, 0) is 62.6 Å². The van der Waals surface area contributed by atoms with Crippen molar-refractivity contribution in [2.75, 3.05) is 32.1 Å². The van der Waals surface area contributed by atoms with Gasteiger partial charge in [0, 0.05) is 42.2 Å². The summed E-state index contributed by atoms with van der Waals surface area (Å²) >= 11 is 0. The Morgan fingerprint density at radius 3 is 2.82 bits per heavy atom. The molecule has 2 aromatic heterocycles. The van der Waals surface area contributed by atoms with Gasteiger partial charge in [0.1, 0.15) is 11.9 Å². The lowest BCUT2D eigenvalue weighted by atomic mass is 9.85. The van der Waals surface area contributed by atoms with Gasteiger partial charge in [-0.15, -0.1) is 0 Å². The van der Waals surface area contributed by atoms with Crippen molar-refractivity contribution in [1.29, 1.82) is 0 Å². The molecule has 3 heterocycles. The number of piperidine rings is 1. The molecule has 7 nitrogen and oxygen atoms in total. The molecule has 0 saturated carbocycles. The number of para-hydroxylation sites is 2. The van der Waals surface area contributed by atoms with E-state index in [1.807, 2.05) is 36.5 Å². The van der Waals surface area contributed by atoms with Crippen molar-refractivity contribution in [3.8, 4) is 17.0 Å². The Labute approximate surface area is 194 Å². The van der Waals surface area contributed by atoms with Crippen molar-refractivity contribution >= 4 is 11.6 Å². The number of nitrogens with one attached hydrogen (secondary N) is 1. The van der Waals surface area contributed by atoms with Crippen LogP contribution in [0.15, 0.2) is 48.8 Å². The zero-order chi connectivity index (χ0) is 22.8. The van der Waals surface area contributed by atoms with Gasteiger partial charge in [-0.25, -0.2) is 9.97 Å². The van der Waals surface area contributed by atoms with Crippen molar-refractivity contribution in [3.05, 3.63) is 60.0 Å². The zero-order valence-electron chi connectivity index (χ0n) is 19.3. The number of aliphatic hydroxyl groups excluding tert-OH is 1. The van der Waals surface area contributed by atoms with Gasteiger partial charge in [0.25, 0.3) is 0 Å². The zero-order valence-corrected chi connectivity index (χ0v) is 19.3. The first-order valence-corrected chi connectivity index (χ1v) is 11.7. The number of ether oxygens (including phenoxy) is 1. The van der Waals surface area contributed by atoms with Crippen LogP contribution >= 0.6 is 0 Å². The van der Waals surface area contributed by atoms with E-state index in [0.717, 1.165) is 72.7 Å². The summed E-state index contributed by atoms with van der Waals surface area (Å²) in [7, 11) is 2.15. The van der Waals surface area contributed by atoms with Gasteiger partial charge in [0.2, 0.25) is 5.95 Å². The molecule has 1 atom stereocenters. The van der Waals surface area contributed by atoms with E-state index < -0.39 is 0 Å². The lowest BCUT2D eigenvalue weighted by molar-refractivity contribution is 0.115. The number of hydrogen-bond donors (Lipinski definition) is 2. The number of likely N-dealkylation sites (tertiary alicyclic amines) is 1. The standard InChI is InChI=1S/C26H31N5O2/c1-26(17-32)11-7-22-20(26)15-18(16-28-22)21-8-12-27-25(29-21)30-23-5-3-4-6-24(23)33-19-9-13-31(2)14-10-19/h3-6,8,12,15-16,19,32H,7,9-11,13-14,17H2,1-2H3,(H,27,29,30). The maximum atomic E-state index is 9.92. The quantitative estimate of drug-likeness (QED) is 0.594. The lowest BCUT2D eigenvalue weighted by Gasteiger charge is -2.29. The molecule has 1 saturated heterocycles. The number of rotatable bonds is 6. The third-order valence-electron chi connectivity index (χ3n) is 6.93. The van der Waals surface area contributed by atoms with Crippen LogP contribution in [0.3, 0.4) is 0 Å². The van der Waals surface area contributed by atoms with Gasteiger partial charge in [0.15, 0.2) is 0 Å². The molecule has 33 heavy (non-hydrogen) atoms. The first-order chi connectivity index (χ1) is 16.0. The van der Waals surface area contributed by atoms with E-state index in [1.165, 1.54) is 0 Å². The predicted octanol–water partition coefficient (Wildman–Crippen LogP) is 3.95. The molecule has 1 unspecified atom stereocenters. The Morgan fingerprint density at radius 2 is 2.00 bits per heavy atom. The van der Waals surface area contributed by atoms with Crippen molar-refractivity contribution in [3.63, 3.8) is 0 Å². The highest BCUT2D eigenvalue weighted by molar-refractivity contribution is 5.66. The highest BCUT2D eigenvalue weighted by Gasteiger charge is 2.35. The highest BCUT2D eigenvalue weighted by Crippen LogP contribution is 2.39. The van der Waals surface area contributed by atoms with Crippen molar-refractivity contribution in [2.24, 2.45) is 0 Å². The van der Waals surface area contributed by atoms with Gasteiger partial charge >= 0.3 is 0 Å². The topological polar surface area (TPSA) is 83.4 Å². The average molecular weight is 446 g/mol. The van der Waals surface area contributed by atoms with Crippen LogP contribution in [-0.2, 0) is 11.8 Å². The minimum absolute atomic E-state index is 0.121. The predicted molar refractivity (Wildman–Crippen MR) is 129 cm³/mol. The normalized spacial score (nSPS) is 21.1. The number of anilines is 2. The van der Waals surface area contributed by atoms with E-state index in [9.17, 15) is 5.11 Å². The third kappa shape index (κ3) is 4.56. The monoisotopic (exact) mass is 445 g/mol. The van der Waals surface area contributed by atoms with Crippen molar-refractivity contribution in [1.82, 2.24) is 19.9 Å². The summed E-state index contributed by atoms with van der Waals surface area (Å²) in [5.74, 6) is 1.33. The number of fused-ring (bicyclic) bond motifs is 1. The van der Waals surface area contributed by atoms with Crippen LogP contribution in [0.5, 0.6) is 5.75 Å². The molecule has 0 amide bonds. The van der Waals surface area contributed by atoms with E-state index in [0.29, 0.717) is 5.95 Å². The molecule has 0 spiro atoms. The molecular formula is C26H31N5O2. The van der Waals surface area contributed by atoms with Crippen molar-refractivity contribution in [2.45, 2.75) is 44.1 Å². The highest BCUT2D eigenvalue weighted by atomic mass is 16.5. The van der Waals surface area contributed by atoms with Crippen LogP contribution in [0, 0.1) is 0 Å². The minimum atomic E-state index is -0.239. The van der Waals surface area contributed by atoms with Gasteiger partial charge in [-0.1, -0.05) is 19.1 Å². The molecular weight excluding hydrogens is 414 g/mol. The van der Waals surface area contributed by atoms with Crippen LogP contribution in [0.25, 0.3) is 11.3 Å². The summed E-state index contributed by atoms with van der Waals surface area (Å²) in [6, 6.07) is 12.0. The average Bonchev–Trinajstić information content (AvgIpc) is 3.18. The number of benzene rings is 1. The smallest absolute Gasteiger partial charge is 0.227 e. The second-order valence-corrected chi connectivity index (χ2v) is 9.44. The summed E-state index contributed by atoms with van der Waals surface area (Å²) in [5, 5.41) is 13.3. The van der Waals surface area contributed by atoms with E-state index in [-0.39, 0.29) is 18.1 Å². The number of aliphatic hydroxyl groups is 1. The molecule has 3 aromatic rings. The molecule has 1 aliphatic carbocycles. The van der Waals surface area contributed by atoms with Crippen LogP contribution in [0.1, 0.15) is 37.4 Å². The Morgan fingerprint density at radius 1 is 1.18 bits per heavy atom. The fourth-order valence-electron chi connectivity index (χ4n) is 4.70. The van der Waals surface area contributed by atoms with Crippen molar-refractivity contribution < 1.29 is 9.84 Å². The number of hydrogen-bond acceptors (Lipinski definition) is 7. The lowest BCUT2D eigenvalue weighted by Crippen LogP contribution is -2.35. The summed E-state index contributed by atoms with van der Waals surface area (Å²) < 4.78 is 6.33. The second kappa shape index (κ2) is 9.08. The Kier molecular flexibility index (Phi) is 6.00. The molecule has 0 radical (unpaired) electrons. The molecule has 0 bridgehead atoms. The van der Waals surface area contributed by atoms with Gasteiger partial charge in [-0.3, -0.25) is 4.98 Å². The molecule has 172 valence electrons. The van der Waals surface area contributed by atoms with Crippen LogP contribution in [-0.4, -0.2) is 57.8 Å². The molecule has 1 aromatic carbocycles. The summed E-state index contributed by atoms with van der Waals surface area (Å²) in [6.07, 6.45) is 7.70. The Balaban J connectivity index is 1.37. The van der Waals surface area contributed by atoms with Gasteiger partial charge < -0.3 is 20.1 Å². The number of pyridine rings is 1. The molecule has 7 heteroatoms. The maximum Gasteiger partial charge on any atom is 0.227 e.